The summed E-state index contributed by atoms with van der Waals surface area (Å²) < 4.78 is 0. The smallest absolute Gasteiger partial charge is 0.0991 e. The molecule has 0 atom stereocenters. The second kappa shape index (κ2) is 15.3. The number of unbranched alkanes of at least 4 members (excludes halogenated alkanes) is 6. The van der Waals surface area contributed by atoms with Crippen LogP contribution in [0.2, 0.25) is 0 Å². The Morgan fingerprint density at radius 2 is 1.26 bits per heavy atom. The molecule has 3 rings (SSSR count). The number of hydrogen-bond acceptors (Lipinski definition) is 2. The molecule has 2 heteroatoms. The lowest BCUT2D eigenvalue weighted by Crippen LogP contribution is -1.92. The zero-order valence-corrected chi connectivity index (χ0v) is 23.6. The summed E-state index contributed by atoms with van der Waals surface area (Å²) in [6.45, 7) is 12.1. The summed E-state index contributed by atoms with van der Waals surface area (Å²) in [5.74, 6) is 0. The molecule has 0 aromatic heterocycles. The number of benzene rings is 3. The van der Waals surface area contributed by atoms with Crippen LogP contribution in [-0.4, -0.2) is 0 Å². The van der Waals surface area contributed by atoms with Crippen LogP contribution in [0.1, 0.15) is 78.3 Å². The monoisotopic (exact) mass is 512 g/mol. The van der Waals surface area contributed by atoms with Crippen LogP contribution in [0.3, 0.4) is 0 Å². The summed E-state index contributed by atoms with van der Waals surface area (Å²) in [5, 5.41) is 17.9. The van der Waals surface area contributed by atoms with Crippen LogP contribution in [0, 0.1) is 36.5 Å². The van der Waals surface area contributed by atoms with Crippen LogP contribution >= 0.6 is 0 Å². The number of rotatable bonds is 14. The van der Waals surface area contributed by atoms with Gasteiger partial charge in [0.15, 0.2) is 0 Å². The van der Waals surface area contributed by atoms with Gasteiger partial charge in [-0.15, -0.1) is 0 Å². The summed E-state index contributed by atoms with van der Waals surface area (Å²) in [6, 6.07) is 25.5. The van der Waals surface area contributed by atoms with Crippen molar-refractivity contribution in [3.8, 4) is 23.3 Å². The normalized spacial score (nSPS) is 10.8. The van der Waals surface area contributed by atoms with Gasteiger partial charge in [-0.25, -0.2) is 0 Å². The van der Waals surface area contributed by atoms with Gasteiger partial charge >= 0.3 is 0 Å². The summed E-state index contributed by atoms with van der Waals surface area (Å²) in [5.41, 5.74) is 10.9. The maximum Gasteiger partial charge on any atom is 0.0991 e. The number of aryl methyl sites for hydroxylation is 4. The SMILES string of the molecule is C=C(C#N)/C=C/C(=C)c1ccc(CCCCCCCCCc2ccc(-c3ccc(C#N)cc3)c(C)c2)cc1C. The quantitative estimate of drug-likeness (QED) is 0.123. The molecule has 0 unspecified atom stereocenters. The molecular weight excluding hydrogens is 472 g/mol. The molecule has 3 aromatic rings. The van der Waals surface area contributed by atoms with Crippen molar-refractivity contribution in [1.29, 1.82) is 10.5 Å². The van der Waals surface area contributed by atoms with E-state index >= 15 is 0 Å². The lowest BCUT2D eigenvalue weighted by atomic mass is 9.95. The lowest BCUT2D eigenvalue weighted by molar-refractivity contribution is 0.579. The van der Waals surface area contributed by atoms with Gasteiger partial charge in [0.1, 0.15) is 0 Å². The molecule has 0 heterocycles. The van der Waals surface area contributed by atoms with Crippen molar-refractivity contribution in [2.24, 2.45) is 0 Å². The topological polar surface area (TPSA) is 47.6 Å². The molecule has 0 fully saturated rings. The van der Waals surface area contributed by atoms with Crippen molar-refractivity contribution >= 4 is 5.57 Å². The predicted octanol–water partition coefficient (Wildman–Crippen LogP) is 10.0. The highest BCUT2D eigenvalue weighted by Gasteiger charge is 2.05. The fourth-order valence-electron chi connectivity index (χ4n) is 5.04. The second-order valence-electron chi connectivity index (χ2n) is 10.5. The highest BCUT2D eigenvalue weighted by atomic mass is 14.2. The van der Waals surface area contributed by atoms with E-state index in [1.165, 1.54) is 78.3 Å². The number of allylic oxidation sites excluding steroid dienone is 4. The van der Waals surface area contributed by atoms with Crippen molar-refractivity contribution in [1.82, 2.24) is 0 Å². The Bertz CT molecular complexity index is 1390. The molecular formula is C37H40N2. The third kappa shape index (κ3) is 9.28. The van der Waals surface area contributed by atoms with Crippen molar-refractivity contribution in [3.63, 3.8) is 0 Å². The van der Waals surface area contributed by atoms with Crippen LogP contribution in [-0.2, 0) is 12.8 Å². The summed E-state index contributed by atoms with van der Waals surface area (Å²) >= 11 is 0. The molecule has 0 N–H and O–H groups in total. The van der Waals surface area contributed by atoms with Crippen LogP contribution in [0.4, 0.5) is 0 Å². The highest BCUT2D eigenvalue weighted by Crippen LogP contribution is 2.26. The molecule has 0 amide bonds. The molecule has 39 heavy (non-hydrogen) atoms. The molecule has 3 aromatic carbocycles. The minimum atomic E-state index is 0.437. The van der Waals surface area contributed by atoms with E-state index in [4.69, 9.17) is 10.5 Å². The van der Waals surface area contributed by atoms with Gasteiger partial charge in [-0.1, -0.05) is 99.9 Å². The highest BCUT2D eigenvalue weighted by molar-refractivity contribution is 5.75. The zero-order valence-electron chi connectivity index (χ0n) is 23.6. The standard InChI is InChI=1S/C37H40N2/c1-28(26-38)14-15-29(2)36-22-18-32(24-30(36)3)12-10-8-6-5-7-9-11-13-33-19-23-37(31(4)25-33)35-20-16-34(27-39)17-21-35/h14-25H,1-2,5-13H2,3-4H3/b15-14+. The molecule has 0 aliphatic rings. The van der Waals surface area contributed by atoms with Gasteiger partial charge in [0.2, 0.25) is 0 Å². The summed E-state index contributed by atoms with van der Waals surface area (Å²) in [4.78, 5) is 0. The molecule has 0 aliphatic carbocycles. The Morgan fingerprint density at radius 1 is 0.692 bits per heavy atom. The average molecular weight is 513 g/mol. The van der Waals surface area contributed by atoms with Crippen LogP contribution < -0.4 is 0 Å². The second-order valence-corrected chi connectivity index (χ2v) is 10.5. The number of hydrogen-bond donors (Lipinski definition) is 0. The largest absolute Gasteiger partial charge is 0.192 e. The lowest BCUT2D eigenvalue weighted by Gasteiger charge is -2.10. The van der Waals surface area contributed by atoms with E-state index in [-0.39, 0.29) is 0 Å². The summed E-state index contributed by atoms with van der Waals surface area (Å²) in [7, 11) is 0. The van der Waals surface area contributed by atoms with E-state index in [1.54, 1.807) is 6.08 Å². The van der Waals surface area contributed by atoms with E-state index in [1.807, 2.05) is 36.4 Å². The van der Waals surface area contributed by atoms with Gasteiger partial charge in [-0.2, -0.15) is 10.5 Å². The first kappa shape index (κ1) is 29.4. The Labute approximate surface area is 235 Å². The minimum Gasteiger partial charge on any atom is -0.192 e. The zero-order chi connectivity index (χ0) is 28.0. The van der Waals surface area contributed by atoms with Crippen molar-refractivity contribution in [2.45, 2.75) is 71.6 Å². The van der Waals surface area contributed by atoms with Gasteiger partial charge in [-0.05, 0) is 102 Å². The Kier molecular flexibility index (Phi) is 11.6. The predicted molar refractivity (Wildman–Crippen MR) is 165 cm³/mol. The van der Waals surface area contributed by atoms with E-state index in [2.05, 4.69) is 69.5 Å². The Balaban J connectivity index is 1.30. The molecule has 0 saturated heterocycles. The van der Waals surface area contributed by atoms with Gasteiger partial charge < -0.3 is 0 Å². The van der Waals surface area contributed by atoms with Gasteiger partial charge in [0, 0.05) is 5.57 Å². The van der Waals surface area contributed by atoms with Gasteiger partial charge in [0.25, 0.3) is 0 Å². The van der Waals surface area contributed by atoms with E-state index in [0.717, 1.165) is 24.0 Å². The Morgan fingerprint density at radius 3 is 1.79 bits per heavy atom. The van der Waals surface area contributed by atoms with Gasteiger partial charge in [0.05, 0.1) is 17.7 Å². The average Bonchev–Trinajstić information content (AvgIpc) is 2.95. The fourth-order valence-corrected chi connectivity index (χ4v) is 5.04. The van der Waals surface area contributed by atoms with Crippen LogP contribution in [0.5, 0.6) is 0 Å². The third-order valence-corrected chi connectivity index (χ3v) is 7.31. The molecule has 0 spiro atoms. The van der Waals surface area contributed by atoms with Crippen molar-refractivity contribution < 1.29 is 0 Å². The molecule has 198 valence electrons. The van der Waals surface area contributed by atoms with Crippen molar-refractivity contribution in [3.05, 3.63) is 125 Å². The fraction of sp³-hybridized carbons (Fsp3) is 0.297. The first-order valence-corrected chi connectivity index (χ1v) is 14.1. The maximum absolute atomic E-state index is 9.01. The molecule has 0 saturated carbocycles. The van der Waals surface area contributed by atoms with Crippen molar-refractivity contribution in [2.75, 3.05) is 0 Å². The first-order valence-electron chi connectivity index (χ1n) is 14.1. The molecule has 2 nitrogen and oxygen atoms in total. The number of nitriles is 2. The van der Waals surface area contributed by atoms with Crippen LogP contribution in [0.15, 0.2) is 91.5 Å². The minimum absolute atomic E-state index is 0.437. The summed E-state index contributed by atoms with van der Waals surface area (Å²) in [6.07, 6.45) is 14.8. The first-order chi connectivity index (χ1) is 18.9. The van der Waals surface area contributed by atoms with Gasteiger partial charge in [-0.3, -0.25) is 0 Å². The Hall–Kier alpha value is -4.14. The molecule has 0 bridgehead atoms. The van der Waals surface area contributed by atoms with E-state index in [9.17, 15) is 0 Å². The van der Waals surface area contributed by atoms with E-state index < -0.39 is 0 Å². The van der Waals surface area contributed by atoms with Crippen LogP contribution in [0.25, 0.3) is 16.7 Å². The maximum atomic E-state index is 9.01. The molecule has 0 radical (unpaired) electrons. The third-order valence-electron chi connectivity index (χ3n) is 7.31. The number of nitrogens with zero attached hydrogens (tertiary/aromatic N) is 2. The molecule has 0 aliphatic heterocycles. The van der Waals surface area contributed by atoms with E-state index in [0.29, 0.717) is 11.1 Å².